The lowest BCUT2D eigenvalue weighted by Gasteiger charge is -2.19. The highest BCUT2D eigenvalue weighted by Crippen LogP contribution is 2.24. The molecule has 0 aliphatic carbocycles. The molecule has 0 spiro atoms. The summed E-state index contributed by atoms with van der Waals surface area (Å²) in [5.74, 6) is -0.438. The average molecular weight is 295 g/mol. The number of aliphatic hydroxyl groups excluding tert-OH is 5. The van der Waals surface area contributed by atoms with Crippen molar-refractivity contribution in [1.29, 1.82) is 0 Å². The topological polar surface area (TPSA) is 161 Å². The number of hydrogen-bond acceptors (Lipinski definition) is 10. The highest BCUT2D eigenvalue weighted by molar-refractivity contribution is 5.83. The van der Waals surface area contributed by atoms with Crippen LogP contribution in [0.15, 0.2) is 5.16 Å². The molecule has 2 aliphatic rings. The van der Waals surface area contributed by atoms with Crippen LogP contribution in [-0.4, -0.2) is 92.8 Å². The Morgan fingerprint density at radius 2 is 1.75 bits per heavy atom. The van der Waals surface area contributed by atoms with E-state index in [1.54, 1.807) is 0 Å². The number of nitrogens with zero attached hydrogens (tertiary/aromatic N) is 1. The second-order valence-corrected chi connectivity index (χ2v) is 4.57. The highest BCUT2D eigenvalue weighted by Gasteiger charge is 2.46. The molecule has 0 aromatic carbocycles. The maximum absolute atomic E-state index is 9.62. The Bertz CT molecular complexity index is 365. The van der Waals surface area contributed by atoms with Crippen LogP contribution in [0.25, 0.3) is 0 Å². The van der Waals surface area contributed by atoms with E-state index in [0.29, 0.717) is 0 Å². The van der Waals surface area contributed by atoms with Gasteiger partial charge in [0.05, 0.1) is 13.2 Å². The Kier molecular flexibility index (Phi) is 4.75. The van der Waals surface area contributed by atoms with Crippen molar-refractivity contribution in [2.45, 2.75) is 42.9 Å². The molecular weight excluding hydrogens is 278 g/mol. The summed E-state index contributed by atoms with van der Waals surface area (Å²) < 4.78 is 15.1. The van der Waals surface area contributed by atoms with E-state index in [2.05, 4.69) is 5.16 Å². The van der Waals surface area contributed by atoms with Crippen molar-refractivity contribution >= 4 is 5.90 Å². The van der Waals surface area contributed by atoms with Crippen molar-refractivity contribution in [3.8, 4) is 0 Å². The lowest BCUT2D eigenvalue weighted by Crippen LogP contribution is -2.38. The summed E-state index contributed by atoms with van der Waals surface area (Å²) in [5.41, 5.74) is 0. The molecule has 0 bridgehead atoms. The predicted molar refractivity (Wildman–Crippen MR) is 59.8 cm³/mol. The van der Waals surface area contributed by atoms with Crippen molar-refractivity contribution in [3.05, 3.63) is 0 Å². The fourth-order valence-electron chi connectivity index (χ4n) is 2.05. The van der Waals surface area contributed by atoms with Gasteiger partial charge in [0, 0.05) is 0 Å². The number of aliphatic hydroxyl groups is 5. The summed E-state index contributed by atoms with van der Waals surface area (Å²) in [6.07, 6.45) is -8.68. The molecule has 2 heterocycles. The van der Waals surface area contributed by atoms with E-state index >= 15 is 0 Å². The maximum Gasteiger partial charge on any atom is 0.258 e. The highest BCUT2D eigenvalue weighted by atomic mass is 16.7. The summed E-state index contributed by atoms with van der Waals surface area (Å²) in [5, 5.41) is 58.3. The van der Waals surface area contributed by atoms with E-state index in [0.717, 1.165) is 0 Å². The van der Waals surface area contributed by atoms with Crippen LogP contribution in [0.5, 0.6) is 0 Å². The van der Waals surface area contributed by atoms with Gasteiger partial charge in [0.2, 0.25) is 0 Å². The summed E-state index contributed by atoms with van der Waals surface area (Å²) in [6, 6.07) is 0. The van der Waals surface area contributed by atoms with Gasteiger partial charge in [-0.2, -0.15) is 0 Å². The first-order chi connectivity index (χ1) is 9.49. The quantitative estimate of drug-likeness (QED) is 0.227. The molecule has 0 radical (unpaired) electrons. The zero-order valence-corrected chi connectivity index (χ0v) is 10.3. The third-order valence-corrected chi connectivity index (χ3v) is 3.25. The van der Waals surface area contributed by atoms with Crippen LogP contribution < -0.4 is 0 Å². The lowest BCUT2D eigenvalue weighted by molar-refractivity contribution is -0.184. The lowest BCUT2D eigenvalue weighted by atomic mass is 10.1. The van der Waals surface area contributed by atoms with E-state index in [1.165, 1.54) is 0 Å². The van der Waals surface area contributed by atoms with Gasteiger partial charge in [0.15, 0.2) is 18.5 Å². The Labute approximate surface area is 113 Å². The standard InChI is InChI=1S/C10H17NO9/c12-1-3-5(13)8(16)10(20-3)18-2-4-6(14)7(15)9(11-17)19-4/h3-8,10,12-17H,1-2H2/b11-9+/t3-,4-,5-,6-,7+,8+,10+/m0/s1. The molecule has 10 nitrogen and oxygen atoms in total. The summed E-state index contributed by atoms with van der Waals surface area (Å²) >= 11 is 0. The van der Waals surface area contributed by atoms with E-state index in [9.17, 15) is 20.4 Å². The third-order valence-electron chi connectivity index (χ3n) is 3.25. The second-order valence-electron chi connectivity index (χ2n) is 4.57. The second kappa shape index (κ2) is 6.18. The molecule has 116 valence electrons. The number of oxime groups is 1. The number of rotatable bonds is 4. The molecule has 7 atom stereocenters. The van der Waals surface area contributed by atoms with Crippen molar-refractivity contribution in [1.82, 2.24) is 0 Å². The van der Waals surface area contributed by atoms with Gasteiger partial charge < -0.3 is 45.0 Å². The molecule has 2 saturated heterocycles. The molecule has 0 unspecified atom stereocenters. The molecule has 0 saturated carbocycles. The molecule has 20 heavy (non-hydrogen) atoms. The van der Waals surface area contributed by atoms with E-state index in [1.807, 2.05) is 0 Å². The van der Waals surface area contributed by atoms with Gasteiger partial charge in [-0.1, -0.05) is 5.16 Å². The summed E-state index contributed by atoms with van der Waals surface area (Å²) in [4.78, 5) is 0. The third kappa shape index (κ3) is 2.72. The smallest absolute Gasteiger partial charge is 0.258 e. The van der Waals surface area contributed by atoms with Crippen molar-refractivity contribution in [2.75, 3.05) is 13.2 Å². The first-order valence-electron chi connectivity index (χ1n) is 5.98. The SMILES string of the molecule is OC[C@@H]1O[C@@H](OC[C@@H]2O/C(=N/O)[C@H](O)[C@H]2O)[C@H](O)[C@H]1O. The largest absolute Gasteiger partial charge is 0.468 e. The Morgan fingerprint density at radius 3 is 2.25 bits per heavy atom. The molecular formula is C10H17NO9. The van der Waals surface area contributed by atoms with Crippen LogP contribution >= 0.6 is 0 Å². The van der Waals surface area contributed by atoms with E-state index in [4.69, 9.17) is 24.5 Å². The first-order valence-corrected chi connectivity index (χ1v) is 5.98. The fraction of sp³-hybridized carbons (Fsp3) is 0.900. The number of hydrogen-bond donors (Lipinski definition) is 6. The molecule has 2 aliphatic heterocycles. The van der Waals surface area contributed by atoms with Gasteiger partial charge in [-0.05, 0) is 0 Å². The Balaban J connectivity index is 1.87. The average Bonchev–Trinajstić information content (AvgIpc) is 2.88. The Hall–Kier alpha value is -1.01. The summed E-state index contributed by atoms with van der Waals surface area (Å²) in [7, 11) is 0. The van der Waals surface area contributed by atoms with Crippen molar-refractivity contribution in [2.24, 2.45) is 5.16 Å². The van der Waals surface area contributed by atoms with Crippen LogP contribution in [0.1, 0.15) is 0 Å². The molecule has 6 N–H and O–H groups in total. The zero-order valence-electron chi connectivity index (χ0n) is 10.3. The molecule has 2 fully saturated rings. The van der Waals surface area contributed by atoms with Crippen LogP contribution in [0.2, 0.25) is 0 Å². The van der Waals surface area contributed by atoms with Gasteiger partial charge in [-0.25, -0.2) is 0 Å². The molecule has 0 amide bonds. The summed E-state index contributed by atoms with van der Waals surface area (Å²) in [6.45, 7) is -0.773. The van der Waals surface area contributed by atoms with Crippen LogP contribution in [0.4, 0.5) is 0 Å². The number of ether oxygens (including phenoxy) is 3. The van der Waals surface area contributed by atoms with E-state index < -0.39 is 55.4 Å². The first kappa shape index (κ1) is 15.4. The van der Waals surface area contributed by atoms with Gasteiger partial charge in [0.25, 0.3) is 5.90 Å². The van der Waals surface area contributed by atoms with Crippen LogP contribution in [0, 0.1) is 0 Å². The predicted octanol–water partition coefficient (Wildman–Crippen LogP) is -3.65. The van der Waals surface area contributed by atoms with Gasteiger partial charge in [0.1, 0.15) is 24.4 Å². The normalized spacial score (nSPS) is 46.9. The minimum Gasteiger partial charge on any atom is -0.468 e. The van der Waals surface area contributed by atoms with Gasteiger partial charge in [-0.3, -0.25) is 0 Å². The fourth-order valence-corrected chi connectivity index (χ4v) is 2.05. The monoisotopic (exact) mass is 295 g/mol. The van der Waals surface area contributed by atoms with Gasteiger partial charge >= 0.3 is 0 Å². The zero-order chi connectivity index (χ0) is 14.9. The minimum atomic E-state index is -1.47. The van der Waals surface area contributed by atoms with Crippen LogP contribution in [-0.2, 0) is 14.2 Å². The molecule has 10 heteroatoms. The Morgan fingerprint density at radius 1 is 1.05 bits per heavy atom. The molecule has 0 aromatic rings. The molecule has 0 aromatic heterocycles. The van der Waals surface area contributed by atoms with Gasteiger partial charge in [-0.15, -0.1) is 0 Å². The van der Waals surface area contributed by atoms with Crippen LogP contribution in [0.3, 0.4) is 0 Å². The van der Waals surface area contributed by atoms with Crippen molar-refractivity contribution < 1.29 is 45.0 Å². The van der Waals surface area contributed by atoms with E-state index in [-0.39, 0.29) is 6.61 Å². The molecule has 2 rings (SSSR count). The maximum atomic E-state index is 9.62. The minimum absolute atomic E-state index is 0.288. The van der Waals surface area contributed by atoms with Crippen molar-refractivity contribution in [3.63, 3.8) is 0 Å².